The topological polar surface area (TPSA) is 72.6 Å². The van der Waals surface area contributed by atoms with Gasteiger partial charge in [0.25, 0.3) is 0 Å². The van der Waals surface area contributed by atoms with E-state index >= 15 is 0 Å². The molecule has 0 aliphatic carbocycles. The van der Waals surface area contributed by atoms with Gasteiger partial charge in [-0.25, -0.2) is 4.79 Å². The molecule has 1 unspecified atom stereocenters. The van der Waals surface area contributed by atoms with Gasteiger partial charge in [-0.3, -0.25) is 0 Å². The van der Waals surface area contributed by atoms with Gasteiger partial charge >= 0.3 is 5.97 Å². The normalized spacial score (nSPS) is 33.7. The maximum absolute atomic E-state index is 10.3. The van der Waals surface area contributed by atoms with Crippen molar-refractivity contribution in [1.82, 2.24) is 0 Å². The van der Waals surface area contributed by atoms with Crippen molar-refractivity contribution >= 4 is 5.97 Å². The zero-order chi connectivity index (χ0) is 7.56. The van der Waals surface area contributed by atoms with Crippen LogP contribution < -0.4 is 5.73 Å². The molecule has 0 radical (unpaired) electrons. The van der Waals surface area contributed by atoms with E-state index in [-0.39, 0.29) is 6.04 Å². The van der Waals surface area contributed by atoms with Crippen molar-refractivity contribution in [3.8, 4) is 0 Å². The molecular weight excluding hydrogens is 134 g/mol. The van der Waals surface area contributed by atoms with Crippen LogP contribution in [0.15, 0.2) is 0 Å². The van der Waals surface area contributed by atoms with E-state index in [1.165, 1.54) is 0 Å². The third kappa shape index (κ3) is 1.68. The molecule has 0 amide bonds. The molecule has 0 saturated carbocycles. The molecule has 2 atom stereocenters. The largest absolute Gasteiger partial charge is 0.479 e. The summed E-state index contributed by atoms with van der Waals surface area (Å²) in [5.74, 6) is -0.882. The van der Waals surface area contributed by atoms with E-state index in [1.54, 1.807) is 0 Å². The summed E-state index contributed by atoms with van der Waals surface area (Å²) in [6.07, 6.45) is 0.660. The van der Waals surface area contributed by atoms with Gasteiger partial charge in [0.2, 0.25) is 0 Å². The Kier molecular flexibility index (Phi) is 2.24. The Bertz CT molecular complexity index is 129. The summed E-state index contributed by atoms with van der Waals surface area (Å²) in [5, 5.41) is 8.46. The molecule has 0 aromatic carbocycles. The number of carboxylic acids is 1. The van der Waals surface area contributed by atoms with Gasteiger partial charge in [-0.1, -0.05) is 0 Å². The third-order valence-electron chi connectivity index (χ3n) is 1.59. The minimum Gasteiger partial charge on any atom is -0.479 e. The highest BCUT2D eigenvalue weighted by atomic mass is 16.5. The molecule has 1 rings (SSSR count). The van der Waals surface area contributed by atoms with Crippen LogP contribution in [0.5, 0.6) is 0 Å². The number of carbonyl (C=O) groups is 1. The predicted molar refractivity (Wildman–Crippen MR) is 34.6 cm³/mol. The van der Waals surface area contributed by atoms with E-state index in [0.717, 1.165) is 6.42 Å². The number of rotatable bonds is 1. The van der Waals surface area contributed by atoms with Crippen LogP contribution in [0.2, 0.25) is 0 Å². The zero-order valence-electron chi connectivity index (χ0n) is 5.62. The molecule has 4 heteroatoms. The second-order valence-electron chi connectivity index (χ2n) is 2.50. The standard InChI is InChI=1S/C6H11NO3/c7-4-1-2-5(6(8)9)10-3-4/h4-5H,1-3,7H2,(H,8,9)/t4-,5?/m1/s1. The number of carboxylic acid groups (broad SMARTS) is 1. The molecule has 0 aromatic heterocycles. The summed E-state index contributed by atoms with van der Waals surface area (Å²) < 4.78 is 4.93. The first-order valence-electron chi connectivity index (χ1n) is 3.30. The van der Waals surface area contributed by atoms with E-state index in [0.29, 0.717) is 13.0 Å². The average Bonchev–Trinajstić information content (AvgIpc) is 1.88. The Balaban J connectivity index is 2.33. The fourth-order valence-corrected chi connectivity index (χ4v) is 0.967. The summed E-state index contributed by atoms with van der Waals surface area (Å²) in [6, 6.07) is 0.0237. The smallest absolute Gasteiger partial charge is 0.332 e. The SMILES string of the molecule is N[C@@H]1CCC(C(=O)O)OC1. The van der Waals surface area contributed by atoms with Gasteiger partial charge in [0, 0.05) is 6.04 Å². The van der Waals surface area contributed by atoms with Gasteiger partial charge in [0.05, 0.1) is 6.61 Å². The van der Waals surface area contributed by atoms with Gasteiger partial charge in [-0.2, -0.15) is 0 Å². The minimum atomic E-state index is -0.882. The van der Waals surface area contributed by atoms with E-state index in [2.05, 4.69) is 0 Å². The highest BCUT2D eigenvalue weighted by molar-refractivity contribution is 5.72. The Hall–Kier alpha value is -0.610. The van der Waals surface area contributed by atoms with Crippen LogP contribution in [0.25, 0.3) is 0 Å². The van der Waals surface area contributed by atoms with Crippen molar-refractivity contribution in [2.24, 2.45) is 5.73 Å². The summed E-state index contributed by atoms with van der Waals surface area (Å²) in [7, 11) is 0. The summed E-state index contributed by atoms with van der Waals surface area (Å²) in [4.78, 5) is 10.3. The van der Waals surface area contributed by atoms with Crippen LogP contribution in [0.4, 0.5) is 0 Å². The molecule has 1 saturated heterocycles. The molecule has 1 fully saturated rings. The van der Waals surface area contributed by atoms with Gasteiger partial charge in [-0.15, -0.1) is 0 Å². The predicted octanol–water partition coefficient (Wildman–Crippen LogP) is -0.423. The molecule has 58 valence electrons. The van der Waals surface area contributed by atoms with Gasteiger partial charge in [0.1, 0.15) is 0 Å². The average molecular weight is 145 g/mol. The Morgan fingerprint density at radius 1 is 1.60 bits per heavy atom. The fraction of sp³-hybridized carbons (Fsp3) is 0.833. The number of hydrogen-bond acceptors (Lipinski definition) is 3. The lowest BCUT2D eigenvalue weighted by Crippen LogP contribution is -2.38. The third-order valence-corrected chi connectivity index (χ3v) is 1.59. The monoisotopic (exact) mass is 145 g/mol. The first kappa shape index (κ1) is 7.50. The molecule has 10 heavy (non-hydrogen) atoms. The lowest BCUT2D eigenvalue weighted by atomic mass is 10.1. The molecule has 0 aromatic rings. The second-order valence-corrected chi connectivity index (χ2v) is 2.50. The molecular formula is C6H11NO3. The van der Waals surface area contributed by atoms with E-state index in [1.807, 2.05) is 0 Å². The van der Waals surface area contributed by atoms with Crippen LogP contribution >= 0.6 is 0 Å². The maximum atomic E-state index is 10.3. The van der Waals surface area contributed by atoms with Crippen molar-refractivity contribution in [2.75, 3.05) is 6.61 Å². The summed E-state index contributed by atoms with van der Waals surface area (Å²) in [6.45, 7) is 0.372. The number of aliphatic carboxylic acids is 1. The van der Waals surface area contributed by atoms with Crippen molar-refractivity contribution in [1.29, 1.82) is 0 Å². The Morgan fingerprint density at radius 3 is 2.70 bits per heavy atom. The number of ether oxygens (including phenoxy) is 1. The van der Waals surface area contributed by atoms with Gasteiger partial charge < -0.3 is 15.6 Å². The highest BCUT2D eigenvalue weighted by Crippen LogP contribution is 2.11. The van der Waals surface area contributed by atoms with Crippen molar-refractivity contribution in [2.45, 2.75) is 25.0 Å². The van der Waals surface area contributed by atoms with Crippen molar-refractivity contribution in [3.63, 3.8) is 0 Å². The van der Waals surface area contributed by atoms with Crippen LogP contribution in [-0.2, 0) is 9.53 Å². The van der Waals surface area contributed by atoms with E-state index in [9.17, 15) is 4.79 Å². The van der Waals surface area contributed by atoms with Crippen LogP contribution in [0.3, 0.4) is 0 Å². The molecule has 0 spiro atoms. The molecule has 3 N–H and O–H groups in total. The van der Waals surface area contributed by atoms with Crippen LogP contribution in [-0.4, -0.2) is 29.8 Å². The molecule has 1 heterocycles. The Morgan fingerprint density at radius 2 is 2.30 bits per heavy atom. The number of nitrogens with two attached hydrogens (primary N) is 1. The fourth-order valence-electron chi connectivity index (χ4n) is 0.967. The van der Waals surface area contributed by atoms with Crippen LogP contribution in [0, 0.1) is 0 Å². The maximum Gasteiger partial charge on any atom is 0.332 e. The zero-order valence-corrected chi connectivity index (χ0v) is 5.62. The lowest BCUT2D eigenvalue weighted by Gasteiger charge is -2.23. The molecule has 4 nitrogen and oxygen atoms in total. The molecule has 1 aliphatic rings. The van der Waals surface area contributed by atoms with Gasteiger partial charge in [0.15, 0.2) is 6.10 Å². The van der Waals surface area contributed by atoms with Gasteiger partial charge in [-0.05, 0) is 12.8 Å². The summed E-state index contributed by atoms with van der Waals surface area (Å²) in [5.41, 5.74) is 5.48. The van der Waals surface area contributed by atoms with E-state index in [4.69, 9.17) is 15.6 Å². The second kappa shape index (κ2) is 2.98. The summed E-state index contributed by atoms with van der Waals surface area (Å²) >= 11 is 0. The quantitative estimate of drug-likeness (QED) is 0.525. The van der Waals surface area contributed by atoms with Crippen molar-refractivity contribution in [3.05, 3.63) is 0 Å². The Labute approximate surface area is 59.0 Å². The number of hydrogen-bond donors (Lipinski definition) is 2. The first-order chi connectivity index (χ1) is 4.70. The van der Waals surface area contributed by atoms with Crippen molar-refractivity contribution < 1.29 is 14.6 Å². The lowest BCUT2D eigenvalue weighted by molar-refractivity contribution is -0.153. The molecule has 0 bridgehead atoms. The highest BCUT2D eigenvalue weighted by Gasteiger charge is 2.24. The van der Waals surface area contributed by atoms with E-state index < -0.39 is 12.1 Å². The van der Waals surface area contributed by atoms with Crippen LogP contribution in [0.1, 0.15) is 12.8 Å². The molecule has 1 aliphatic heterocycles. The first-order valence-corrected chi connectivity index (χ1v) is 3.30. The minimum absolute atomic E-state index is 0.0237.